The molecule has 1 atom stereocenters. The predicted octanol–water partition coefficient (Wildman–Crippen LogP) is 5.26. The van der Waals surface area contributed by atoms with Gasteiger partial charge in [-0.3, -0.25) is 4.79 Å². The summed E-state index contributed by atoms with van der Waals surface area (Å²) in [5.74, 6) is -1.40. The van der Waals surface area contributed by atoms with Crippen LogP contribution in [0.25, 0.3) is 0 Å². The van der Waals surface area contributed by atoms with Crippen molar-refractivity contribution < 1.29 is 19.0 Å². The zero-order valence-electron chi connectivity index (χ0n) is 16.7. The second-order valence-electron chi connectivity index (χ2n) is 6.63. The topological polar surface area (TPSA) is 44.8 Å². The number of ketones is 1. The molecule has 0 heterocycles. The molecule has 0 fully saturated rings. The summed E-state index contributed by atoms with van der Waals surface area (Å²) in [6, 6.07) is 0. The Bertz CT molecular complexity index is 366. The molecular weight excluding hydrogens is 304 g/mol. The minimum atomic E-state index is -1.37. The lowest BCUT2D eigenvalue weighted by molar-refractivity contribution is -0.399. The second-order valence-corrected chi connectivity index (χ2v) is 6.63. The molecule has 0 bridgehead atoms. The molecule has 1 unspecified atom stereocenters. The van der Waals surface area contributed by atoms with E-state index in [4.69, 9.17) is 14.2 Å². The lowest BCUT2D eigenvalue weighted by Gasteiger charge is -2.46. The van der Waals surface area contributed by atoms with Crippen LogP contribution in [0.4, 0.5) is 0 Å². The molecule has 0 spiro atoms. The first-order valence-corrected chi connectivity index (χ1v) is 9.27. The number of carbonyl (C=O) groups is 1. The van der Waals surface area contributed by atoms with Crippen LogP contribution >= 0.6 is 0 Å². The van der Waals surface area contributed by atoms with Gasteiger partial charge in [0.25, 0.3) is 5.97 Å². The third kappa shape index (κ3) is 5.40. The van der Waals surface area contributed by atoms with Gasteiger partial charge in [-0.1, -0.05) is 65.4 Å². The monoisotopic (exact) mass is 342 g/mol. The van der Waals surface area contributed by atoms with Gasteiger partial charge >= 0.3 is 0 Å². The van der Waals surface area contributed by atoms with Gasteiger partial charge in [0, 0.05) is 21.3 Å². The van der Waals surface area contributed by atoms with E-state index in [9.17, 15) is 4.79 Å². The van der Waals surface area contributed by atoms with Gasteiger partial charge in [-0.2, -0.15) is 0 Å². The Labute approximate surface area is 148 Å². The van der Waals surface area contributed by atoms with Crippen molar-refractivity contribution in [3.63, 3.8) is 0 Å². The maximum Gasteiger partial charge on any atom is 0.295 e. The molecular formula is C20H38O4. The van der Waals surface area contributed by atoms with E-state index in [0.717, 1.165) is 19.3 Å². The molecule has 0 aromatic rings. The van der Waals surface area contributed by atoms with E-state index in [-0.39, 0.29) is 5.78 Å². The minimum absolute atomic E-state index is 0.0246. The molecule has 0 amide bonds. The largest absolute Gasteiger partial charge is 0.330 e. The number of hydrogen-bond acceptors (Lipinski definition) is 4. The van der Waals surface area contributed by atoms with Crippen molar-refractivity contribution in [1.82, 2.24) is 0 Å². The van der Waals surface area contributed by atoms with Crippen LogP contribution in [0.1, 0.15) is 78.6 Å². The molecule has 0 aromatic heterocycles. The molecule has 0 aliphatic heterocycles. The molecule has 0 N–H and O–H groups in total. The Hall–Kier alpha value is -0.710. The number of rotatable bonds is 15. The molecule has 0 saturated heterocycles. The molecule has 4 nitrogen and oxygen atoms in total. The Balaban J connectivity index is 5.45. The number of allylic oxidation sites excluding steroid dienone is 1. The summed E-state index contributed by atoms with van der Waals surface area (Å²) in [5, 5.41) is 0. The van der Waals surface area contributed by atoms with Crippen LogP contribution in [0.5, 0.6) is 0 Å². The van der Waals surface area contributed by atoms with Crippen LogP contribution in [0.2, 0.25) is 0 Å². The van der Waals surface area contributed by atoms with E-state index in [1.54, 1.807) is 6.92 Å². The molecule has 0 aliphatic carbocycles. The number of carbonyl (C=O) groups excluding carboxylic acids is 1. The molecule has 0 radical (unpaired) electrons. The van der Waals surface area contributed by atoms with Gasteiger partial charge < -0.3 is 14.2 Å². The van der Waals surface area contributed by atoms with Crippen LogP contribution in [0, 0.1) is 5.41 Å². The number of Topliss-reactive ketones (excluding diaryl/α,β-unsaturated/α-hetero) is 1. The third-order valence-electron chi connectivity index (χ3n) is 4.85. The molecule has 142 valence electrons. The summed E-state index contributed by atoms with van der Waals surface area (Å²) >= 11 is 0. The van der Waals surface area contributed by atoms with Gasteiger partial charge in [0.2, 0.25) is 0 Å². The fraction of sp³-hybridized carbons (Fsp3) is 0.850. The number of hydrogen-bond donors (Lipinski definition) is 0. The van der Waals surface area contributed by atoms with Gasteiger partial charge in [-0.15, -0.1) is 0 Å². The first kappa shape index (κ1) is 23.3. The lowest BCUT2D eigenvalue weighted by atomic mass is 9.70. The van der Waals surface area contributed by atoms with E-state index in [1.807, 2.05) is 0 Å². The van der Waals surface area contributed by atoms with E-state index in [0.29, 0.717) is 18.4 Å². The first-order valence-electron chi connectivity index (χ1n) is 9.27. The fourth-order valence-corrected chi connectivity index (χ4v) is 3.68. The number of ether oxygens (including phenoxy) is 3. The van der Waals surface area contributed by atoms with Gasteiger partial charge in [-0.05, 0) is 25.3 Å². The fourth-order valence-electron chi connectivity index (χ4n) is 3.68. The Kier molecular flexibility index (Phi) is 11.4. The Morgan fingerprint density at radius 3 is 1.75 bits per heavy atom. The van der Waals surface area contributed by atoms with Crippen LogP contribution in [0.15, 0.2) is 12.2 Å². The summed E-state index contributed by atoms with van der Waals surface area (Å²) in [6.07, 6.45) is 9.14. The third-order valence-corrected chi connectivity index (χ3v) is 4.85. The van der Waals surface area contributed by atoms with Gasteiger partial charge in [-0.25, -0.2) is 0 Å². The van der Waals surface area contributed by atoms with Crippen molar-refractivity contribution >= 4 is 5.78 Å². The molecule has 0 saturated carbocycles. The maximum atomic E-state index is 13.1. The summed E-state index contributed by atoms with van der Waals surface area (Å²) in [4.78, 5) is 13.1. The zero-order chi connectivity index (χ0) is 18.6. The van der Waals surface area contributed by atoms with Crippen molar-refractivity contribution in [2.75, 3.05) is 21.3 Å². The van der Waals surface area contributed by atoms with E-state index in [2.05, 4.69) is 20.4 Å². The Morgan fingerprint density at radius 1 is 0.833 bits per heavy atom. The predicted molar refractivity (Wildman–Crippen MR) is 98.9 cm³/mol. The van der Waals surface area contributed by atoms with Crippen LogP contribution in [0.3, 0.4) is 0 Å². The van der Waals surface area contributed by atoms with E-state index >= 15 is 0 Å². The molecule has 0 aromatic carbocycles. The summed E-state index contributed by atoms with van der Waals surface area (Å²) in [6.45, 7) is 9.90. The highest BCUT2D eigenvalue weighted by Gasteiger charge is 2.57. The van der Waals surface area contributed by atoms with Crippen LogP contribution in [-0.2, 0) is 19.0 Å². The average molecular weight is 343 g/mol. The standard InChI is InChI=1S/C20H38O4/c1-8-10-11-12-13-14-16-19(15-9-2,18(21)17(3)4)20(22-5,23-6)24-7/h3,8-16H2,1-2,4-7H3. The number of unbranched alkanes of at least 4 members (excludes halogenated alkanes) is 5. The highest BCUT2D eigenvalue weighted by atomic mass is 16.9. The van der Waals surface area contributed by atoms with Crippen molar-refractivity contribution in [2.24, 2.45) is 5.41 Å². The van der Waals surface area contributed by atoms with Crippen LogP contribution < -0.4 is 0 Å². The normalized spacial score (nSPS) is 14.4. The zero-order valence-corrected chi connectivity index (χ0v) is 16.7. The van der Waals surface area contributed by atoms with Gasteiger partial charge in [0.05, 0.1) is 0 Å². The molecule has 4 heteroatoms. The highest BCUT2D eigenvalue weighted by Crippen LogP contribution is 2.46. The van der Waals surface area contributed by atoms with E-state index in [1.165, 1.54) is 47.0 Å². The Morgan fingerprint density at radius 2 is 1.33 bits per heavy atom. The summed E-state index contributed by atoms with van der Waals surface area (Å²) < 4.78 is 16.8. The van der Waals surface area contributed by atoms with E-state index < -0.39 is 11.4 Å². The summed E-state index contributed by atoms with van der Waals surface area (Å²) in [7, 11) is 4.60. The molecule has 0 aliphatic rings. The number of methoxy groups -OCH3 is 3. The quantitative estimate of drug-likeness (QED) is 0.231. The highest BCUT2D eigenvalue weighted by molar-refractivity contribution is 5.99. The lowest BCUT2D eigenvalue weighted by Crippen LogP contribution is -2.57. The smallest absolute Gasteiger partial charge is 0.295 e. The average Bonchev–Trinajstić information content (AvgIpc) is 2.58. The van der Waals surface area contributed by atoms with Crippen molar-refractivity contribution in [2.45, 2.75) is 84.5 Å². The first-order chi connectivity index (χ1) is 11.4. The van der Waals surface area contributed by atoms with Gasteiger partial charge in [0.1, 0.15) is 5.41 Å². The van der Waals surface area contributed by atoms with Crippen molar-refractivity contribution in [1.29, 1.82) is 0 Å². The maximum absolute atomic E-state index is 13.1. The molecule has 24 heavy (non-hydrogen) atoms. The SMILES string of the molecule is C=C(C)C(=O)C(CCC)(CCCCCCCC)C(OC)(OC)OC. The minimum Gasteiger partial charge on any atom is -0.330 e. The van der Waals surface area contributed by atoms with Crippen molar-refractivity contribution in [3.05, 3.63) is 12.2 Å². The van der Waals surface area contributed by atoms with Crippen molar-refractivity contribution in [3.8, 4) is 0 Å². The second kappa shape index (κ2) is 11.8. The van der Waals surface area contributed by atoms with Crippen LogP contribution in [-0.4, -0.2) is 33.1 Å². The van der Waals surface area contributed by atoms with Gasteiger partial charge in [0.15, 0.2) is 5.78 Å². The summed E-state index contributed by atoms with van der Waals surface area (Å²) in [5.41, 5.74) is -0.346. The molecule has 0 rings (SSSR count).